The molecule has 0 spiro atoms. The fourth-order valence-corrected chi connectivity index (χ4v) is 4.04. The number of aliphatic imine (C=N–C) groups is 1. The third-order valence-electron chi connectivity index (χ3n) is 4.72. The number of carbonyl (C=O) groups excluding carboxylic acids is 1. The molecule has 1 aliphatic rings. The van der Waals surface area contributed by atoms with Gasteiger partial charge in [-0.05, 0) is 78.7 Å². The lowest BCUT2D eigenvalue weighted by molar-refractivity contribution is -0.115. The highest BCUT2D eigenvalue weighted by atomic mass is 35.5. The summed E-state index contributed by atoms with van der Waals surface area (Å²) < 4.78 is 5.81. The summed E-state index contributed by atoms with van der Waals surface area (Å²) in [4.78, 5) is 17.6. The SMILES string of the molecule is Cc1ccc(N=C2NC(=O)/C(=C/c3ccc(OCc4ccc(Cl)cc4)cc3)S2)c(C)c1. The van der Waals surface area contributed by atoms with E-state index >= 15 is 0 Å². The minimum absolute atomic E-state index is 0.142. The molecule has 1 saturated heterocycles. The third kappa shape index (κ3) is 5.57. The number of ether oxygens (including phenoxy) is 1. The highest BCUT2D eigenvalue weighted by molar-refractivity contribution is 8.18. The standard InChI is InChI=1S/C25H21ClN2O2S/c1-16-3-12-22(17(2)13-16)27-25-28-24(29)23(31-25)14-18-6-10-21(11-7-18)30-15-19-4-8-20(26)9-5-19/h3-14H,15H2,1-2H3,(H,27,28,29)/b23-14-. The van der Waals surface area contributed by atoms with Crippen LogP contribution in [0, 0.1) is 13.8 Å². The summed E-state index contributed by atoms with van der Waals surface area (Å²) in [5.41, 5.74) is 5.09. The number of thioether (sulfide) groups is 1. The van der Waals surface area contributed by atoms with Crippen LogP contribution < -0.4 is 10.1 Å². The zero-order valence-corrected chi connectivity index (χ0v) is 18.8. The molecule has 1 heterocycles. The second kappa shape index (κ2) is 9.41. The molecule has 156 valence electrons. The lowest BCUT2D eigenvalue weighted by Crippen LogP contribution is -2.19. The van der Waals surface area contributed by atoms with Crippen LogP contribution in [-0.4, -0.2) is 11.1 Å². The Labute approximate surface area is 191 Å². The van der Waals surface area contributed by atoms with Crippen molar-refractivity contribution < 1.29 is 9.53 Å². The van der Waals surface area contributed by atoms with Crippen molar-refractivity contribution in [3.63, 3.8) is 0 Å². The number of aryl methyl sites for hydroxylation is 2. The van der Waals surface area contributed by atoms with E-state index in [4.69, 9.17) is 16.3 Å². The molecule has 4 rings (SSSR count). The van der Waals surface area contributed by atoms with E-state index in [-0.39, 0.29) is 5.91 Å². The molecule has 3 aromatic rings. The summed E-state index contributed by atoms with van der Waals surface area (Å²) in [5.74, 6) is 0.620. The number of hydrogen-bond donors (Lipinski definition) is 1. The van der Waals surface area contributed by atoms with Crippen LogP contribution in [0.3, 0.4) is 0 Å². The van der Waals surface area contributed by atoms with E-state index < -0.39 is 0 Å². The molecular weight excluding hydrogens is 428 g/mol. The normalized spacial score (nSPS) is 16.0. The number of nitrogens with one attached hydrogen (secondary N) is 1. The Morgan fingerprint density at radius 3 is 2.48 bits per heavy atom. The predicted octanol–water partition coefficient (Wildman–Crippen LogP) is 6.43. The Hall–Kier alpha value is -3.02. The predicted molar refractivity (Wildman–Crippen MR) is 129 cm³/mol. The molecule has 6 heteroatoms. The number of halogens is 1. The van der Waals surface area contributed by atoms with Gasteiger partial charge in [-0.15, -0.1) is 0 Å². The molecule has 1 fully saturated rings. The van der Waals surface area contributed by atoms with Gasteiger partial charge in [-0.3, -0.25) is 4.79 Å². The third-order valence-corrected chi connectivity index (χ3v) is 5.88. The number of carbonyl (C=O) groups is 1. The molecule has 0 saturated carbocycles. The van der Waals surface area contributed by atoms with Crippen LogP contribution in [0.4, 0.5) is 5.69 Å². The largest absolute Gasteiger partial charge is 0.489 e. The van der Waals surface area contributed by atoms with Gasteiger partial charge in [0.15, 0.2) is 5.17 Å². The van der Waals surface area contributed by atoms with Crippen LogP contribution in [-0.2, 0) is 11.4 Å². The molecule has 0 unspecified atom stereocenters. The smallest absolute Gasteiger partial charge is 0.264 e. The van der Waals surface area contributed by atoms with E-state index in [0.717, 1.165) is 28.1 Å². The Balaban J connectivity index is 1.41. The first-order valence-electron chi connectivity index (χ1n) is 9.80. The van der Waals surface area contributed by atoms with E-state index in [0.29, 0.717) is 21.7 Å². The molecule has 0 aliphatic carbocycles. The number of rotatable bonds is 5. The van der Waals surface area contributed by atoms with Crippen molar-refractivity contribution in [1.82, 2.24) is 5.32 Å². The van der Waals surface area contributed by atoms with Crippen LogP contribution in [0.5, 0.6) is 5.75 Å². The molecule has 1 N–H and O–H groups in total. The maximum Gasteiger partial charge on any atom is 0.264 e. The minimum Gasteiger partial charge on any atom is -0.489 e. The molecule has 4 nitrogen and oxygen atoms in total. The van der Waals surface area contributed by atoms with Crippen LogP contribution in [0.25, 0.3) is 6.08 Å². The van der Waals surface area contributed by atoms with Crippen molar-refractivity contribution in [3.8, 4) is 5.75 Å². The summed E-state index contributed by atoms with van der Waals surface area (Å²) in [6.07, 6.45) is 1.85. The number of hydrogen-bond acceptors (Lipinski definition) is 4. The highest BCUT2D eigenvalue weighted by Crippen LogP contribution is 2.29. The molecule has 0 radical (unpaired) electrons. The lowest BCUT2D eigenvalue weighted by Gasteiger charge is -2.06. The molecule has 0 atom stereocenters. The van der Waals surface area contributed by atoms with Gasteiger partial charge in [-0.1, -0.05) is 53.6 Å². The molecule has 31 heavy (non-hydrogen) atoms. The Kier molecular flexibility index (Phi) is 6.44. The van der Waals surface area contributed by atoms with E-state index in [1.165, 1.54) is 17.3 Å². The molecule has 1 amide bonds. The maximum absolute atomic E-state index is 12.4. The Morgan fingerprint density at radius 2 is 1.77 bits per heavy atom. The summed E-state index contributed by atoms with van der Waals surface area (Å²) in [6.45, 7) is 4.53. The number of amides is 1. The first-order chi connectivity index (χ1) is 15.0. The van der Waals surface area contributed by atoms with E-state index in [9.17, 15) is 4.79 Å². The first-order valence-corrected chi connectivity index (χ1v) is 11.0. The number of benzene rings is 3. The van der Waals surface area contributed by atoms with Crippen molar-refractivity contribution in [1.29, 1.82) is 0 Å². The zero-order valence-electron chi connectivity index (χ0n) is 17.2. The van der Waals surface area contributed by atoms with Crippen molar-refractivity contribution in [2.45, 2.75) is 20.5 Å². The number of nitrogens with zero attached hydrogens (tertiary/aromatic N) is 1. The summed E-state index contributed by atoms with van der Waals surface area (Å²) in [6, 6.07) is 21.3. The second-order valence-corrected chi connectivity index (χ2v) is 8.72. The van der Waals surface area contributed by atoms with Crippen molar-refractivity contribution >= 4 is 46.2 Å². The van der Waals surface area contributed by atoms with Crippen molar-refractivity contribution in [2.75, 3.05) is 0 Å². The monoisotopic (exact) mass is 448 g/mol. The summed E-state index contributed by atoms with van der Waals surface area (Å²) in [5, 5.41) is 4.13. The van der Waals surface area contributed by atoms with Gasteiger partial charge in [0, 0.05) is 5.02 Å². The van der Waals surface area contributed by atoms with Gasteiger partial charge in [0.2, 0.25) is 0 Å². The lowest BCUT2D eigenvalue weighted by atomic mass is 10.1. The molecular formula is C25H21ClN2O2S. The molecule has 0 aromatic heterocycles. The van der Waals surface area contributed by atoms with E-state index in [1.807, 2.05) is 80.6 Å². The van der Waals surface area contributed by atoms with Gasteiger partial charge in [-0.2, -0.15) is 0 Å². The van der Waals surface area contributed by atoms with E-state index in [1.54, 1.807) is 0 Å². The van der Waals surface area contributed by atoms with Gasteiger partial charge in [-0.25, -0.2) is 4.99 Å². The average molecular weight is 449 g/mol. The van der Waals surface area contributed by atoms with Crippen LogP contribution in [0.15, 0.2) is 76.6 Å². The quantitative estimate of drug-likeness (QED) is 0.457. The van der Waals surface area contributed by atoms with Gasteiger partial charge in [0.05, 0.1) is 10.6 Å². The van der Waals surface area contributed by atoms with Gasteiger partial charge in [0.1, 0.15) is 12.4 Å². The molecule has 3 aromatic carbocycles. The van der Waals surface area contributed by atoms with Gasteiger partial charge in [0.25, 0.3) is 5.91 Å². The van der Waals surface area contributed by atoms with Crippen molar-refractivity contribution in [3.05, 3.63) is 98.9 Å². The van der Waals surface area contributed by atoms with Crippen LogP contribution >= 0.6 is 23.4 Å². The zero-order chi connectivity index (χ0) is 21.8. The average Bonchev–Trinajstić information content (AvgIpc) is 3.09. The van der Waals surface area contributed by atoms with Gasteiger partial charge >= 0.3 is 0 Å². The summed E-state index contributed by atoms with van der Waals surface area (Å²) in [7, 11) is 0. The Morgan fingerprint density at radius 1 is 1.03 bits per heavy atom. The fraction of sp³-hybridized carbons (Fsp3) is 0.120. The topological polar surface area (TPSA) is 50.7 Å². The van der Waals surface area contributed by atoms with Crippen LogP contribution in [0.2, 0.25) is 5.02 Å². The molecule has 1 aliphatic heterocycles. The second-order valence-electron chi connectivity index (χ2n) is 7.26. The first kappa shape index (κ1) is 21.2. The number of amidine groups is 1. The molecule has 0 bridgehead atoms. The highest BCUT2D eigenvalue weighted by Gasteiger charge is 2.24. The van der Waals surface area contributed by atoms with E-state index in [2.05, 4.69) is 16.4 Å². The minimum atomic E-state index is -0.142. The summed E-state index contributed by atoms with van der Waals surface area (Å²) >= 11 is 7.25. The Bertz CT molecular complexity index is 1170. The van der Waals surface area contributed by atoms with Gasteiger partial charge < -0.3 is 10.1 Å². The maximum atomic E-state index is 12.4. The van der Waals surface area contributed by atoms with Crippen molar-refractivity contribution in [2.24, 2.45) is 4.99 Å². The van der Waals surface area contributed by atoms with Crippen LogP contribution in [0.1, 0.15) is 22.3 Å². The fourth-order valence-electron chi connectivity index (χ4n) is 3.08.